The molecule has 1 unspecified atom stereocenters. The number of benzene rings is 2. The molecule has 0 saturated carbocycles. The smallest absolute Gasteiger partial charge is 0.0140 e. The zero-order chi connectivity index (χ0) is 27.3. The molecule has 0 heterocycles. The van der Waals surface area contributed by atoms with Crippen LogP contribution in [0.2, 0.25) is 0 Å². The van der Waals surface area contributed by atoms with Crippen LogP contribution in [-0.4, -0.2) is 18.5 Å². The van der Waals surface area contributed by atoms with Crippen molar-refractivity contribution in [3.63, 3.8) is 0 Å². The van der Waals surface area contributed by atoms with E-state index in [2.05, 4.69) is 84.2 Å². The summed E-state index contributed by atoms with van der Waals surface area (Å²) in [6, 6.07) is 13.7. The molecular formula is C34H51NS. The van der Waals surface area contributed by atoms with Gasteiger partial charge in [0.2, 0.25) is 0 Å². The van der Waals surface area contributed by atoms with Crippen LogP contribution >= 0.6 is 12.6 Å². The zero-order valence-corrected chi connectivity index (χ0v) is 25.3. The van der Waals surface area contributed by atoms with E-state index < -0.39 is 0 Å². The minimum absolute atomic E-state index is 0.313. The third-order valence-electron chi connectivity index (χ3n) is 7.32. The SMILES string of the molecule is C=C(Cc1ccc(C)c(C)c1)C(C)/C(C)=C(\S)c1ccc2c(c1)CCCCC2.C=CN(C)CC.CC. The molecule has 2 heteroatoms. The summed E-state index contributed by atoms with van der Waals surface area (Å²) < 4.78 is 0. The summed E-state index contributed by atoms with van der Waals surface area (Å²) in [6.07, 6.45) is 9.14. The van der Waals surface area contributed by atoms with Crippen molar-refractivity contribution in [1.29, 1.82) is 0 Å². The van der Waals surface area contributed by atoms with E-state index in [-0.39, 0.29) is 0 Å². The molecule has 0 saturated heterocycles. The number of allylic oxidation sites excluding steroid dienone is 2. The third-order valence-corrected chi connectivity index (χ3v) is 7.93. The van der Waals surface area contributed by atoms with E-state index in [4.69, 9.17) is 12.6 Å². The van der Waals surface area contributed by atoms with Crippen molar-refractivity contribution in [2.24, 2.45) is 5.92 Å². The van der Waals surface area contributed by atoms with Gasteiger partial charge in [-0.2, -0.15) is 0 Å². The molecule has 2 aromatic rings. The molecule has 1 aliphatic carbocycles. The standard InChI is InChI=1S/C27H34S.C5H11N.C2H6/c1-18-11-12-23(15-19(18)2)16-20(3)21(4)22(5)27(28)26-14-13-24-9-7-6-8-10-25(24)17-26;1-4-6(3)5-2;1-2/h11-15,17,21,28H,3,6-10,16H2,1-2,4-5H3;4H,1,5H2,2-3H3;1-2H3/b27-22-;;. The van der Waals surface area contributed by atoms with Gasteiger partial charge in [0.25, 0.3) is 0 Å². The molecule has 2 aromatic carbocycles. The monoisotopic (exact) mass is 505 g/mol. The van der Waals surface area contributed by atoms with E-state index in [1.165, 1.54) is 76.6 Å². The van der Waals surface area contributed by atoms with Gasteiger partial charge in [-0.05, 0) is 105 Å². The highest BCUT2D eigenvalue weighted by atomic mass is 32.1. The maximum Gasteiger partial charge on any atom is 0.0140 e. The summed E-state index contributed by atoms with van der Waals surface area (Å²) in [4.78, 5) is 3.13. The molecule has 0 N–H and O–H groups in total. The lowest BCUT2D eigenvalue weighted by Crippen LogP contribution is -2.06. The maximum absolute atomic E-state index is 4.94. The van der Waals surface area contributed by atoms with Crippen LogP contribution in [-0.2, 0) is 19.3 Å². The average molecular weight is 506 g/mol. The Morgan fingerprint density at radius 3 is 2.19 bits per heavy atom. The molecule has 36 heavy (non-hydrogen) atoms. The fraction of sp³-hybridized carbons (Fsp3) is 0.471. The molecule has 0 radical (unpaired) electrons. The summed E-state index contributed by atoms with van der Waals surface area (Å²) in [7, 11) is 1.99. The maximum atomic E-state index is 4.94. The van der Waals surface area contributed by atoms with Crippen LogP contribution in [0.15, 0.2) is 66.9 Å². The van der Waals surface area contributed by atoms with Gasteiger partial charge in [-0.3, -0.25) is 0 Å². The third kappa shape index (κ3) is 9.69. The fourth-order valence-electron chi connectivity index (χ4n) is 4.25. The number of rotatable bonds is 7. The van der Waals surface area contributed by atoms with E-state index in [0.29, 0.717) is 5.92 Å². The number of fused-ring (bicyclic) bond motifs is 1. The molecule has 0 aliphatic heterocycles. The van der Waals surface area contributed by atoms with Gasteiger partial charge in [-0.15, -0.1) is 12.6 Å². The van der Waals surface area contributed by atoms with Gasteiger partial charge in [0.05, 0.1) is 0 Å². The lowest BCUT2D eigenvalue weighted by atomic mass is 9.88. The largest absolute Gasteiger partial charge is 0.381 e. The molecule has 0 fully saturated rings. The second kappa shape index (κ2) is 16.5. The van der Waals surface area contributed by atoms with Crippen LogP contribution in [0.4, 0.5) is 0 Å². The summed E-state index contributed by atoms with van der Waals surface area (Å²) in [5.74, 6) is 0.313. The van der Waals surface area contributed by atoms with Crippen LogP contribution < -0.4 is 0 Å². The van der Waals surface area contributed by atoms with Crippen molar-refractivity contribution in [3.05, 3.63) is 100 Å². The zero-order valence-electron chi connectivity index (χ0n) is 24.4. The van der Waals surface area contributed by atoms with Crippen LogP contribution in [0.1, 0.15) is 87.3 Å². The molecule has 0 aromatic heterocycles. The van der Waals surface area contributed by atoms with E-state index >= 15 is 0 Å². The minimum atomic E-state index is 0.313. The predicted molar refractivity (Wildman–Crippen MR) is 167 cm³/mol. The van der Waals surface area contributed by atoms with Gasteiger partial charge in [0, 0.05) is 18.5 Å². The molecule has 1 nitrogen and oxygen atoms in total. The Kier molecular flexibility index (Phi) is 14.6. The van der Waals surface area contributed by atoms with Gasteiger partial charge in [0.15, 0.2) is 0 Å². The van der Waals surface area contributed by atoms with Crippen molar-refractivity contribution in [2.45, 2.75) is 87.0 Å². The molecule has 0 bridgehead atoms. The highest BCUT2D eigenvalue weighted by Gasteiger charge is 2.15. The van der Waals surface area contributed by atoms with Crippen molar-refractivity contribution < 1.29 is 0 Å². The van der Waals surface area contributed by atoms with E-state index in [1.54, 1.807) is 6.20 Å². The van der Waals surface area contributed by atoms with Gasteiger partial charge >= 0.3 is 0 Å². The molecule has 198 valence electrons. The Labute approximate surface area is 228 Å². The lowest BCUT2D eigenvalue weighted by molar-refractivity contribution is 0.486. The molecule has 0 amide bonds. The highest BCUT2D eigenvalue weighted by Crippen LogP contribution is 2.33. The normalized spacial score (nSPS) is 13.9. The highest BCUT2D eigenvalue weighted by molar-refractivity contribution is 7.90. The van der Waals surface area contributed by atoms with Crippen LogP contribution in [0.25, 0.3) is 4.91 Å². The molecule has 3 rings (SSSR count). The average Bonchev–Trinajstić information content (AvgIpc) is 3.15. The quantitative estimate of drug-likeness (QED) is 0.223. The number of thiol groups is 1. The summed E-state index contributed by atoms with van der Waals surface area (Å²) >= 11 is 4.94. The molecule has 0 spiro atoms. The summed E-state index contributed by atoms with van der Waals surface area (Å²) in [5, 5.41) is 0. The van der Waals surface area contributed by atoms with E-state index in [9.17, 15) is 0 Å². The van der Waals surface area contributed by atoms with Gasteiger partial charge in [-0.25, -0.2) is 0 Å². The van der Waals surface area contributed by atoms with Crippen LogP contribution in [0, 0.1) is 19.8 Å². The molecule has 1 atom stereocenters. The van der Waals surface area contributed by atoms with Gasteiger partial charge in [0.1, 0.15) is 0 Å². The predicted octanol–water partition coefficient (Wildman–Crippen LogP) is 9.78. The minimum Gasteiger partial charge on any atom is -0.381 e. The Morgan fingerprint density at radius 1 is 1.00 bits per heavy atom. The Balaban J connectivity index is 0.000000710. The summed E-state index contributed by atoms with van der Waals surface area (Å²) in [6.45, 7) is 23.9. The van der Waals surface area contributed by atoms with Crippen molar-refractivity contribution in [2.75, 3.05) is 13.6 Å². The van der Waals surface area contributed by atoms with Crippen molar-refractivity contribution >= 4 is 17.5 Å². The second-order valence-electron chi connectivity index (χ2n) is 9.81. The van der Waals surface area contributed by atoms with Crippen molar-refractivity contribution in [3.8, 4) is 0 Å². The Morgan fingerprint density at radius 2 is 1.64 bits per heavy atom. The molecular weight excluding hydrogens is 454 g/mol. The van der Waals surface area contributed by atoms with Crippen molar-refractivity contribution in [1.82, 2.24) is 4.90 Å². The number of aryl methyl sites for hydroxylation is 4. The first-order valence-electron chi connectivity index (χ1n) is 13.8. The lowest BCUT2D eigenvalue weighted by Gasteiger charge is -2.19. The van der Waals surface area contributed by atoms with E-state index in [1.807, 2.05) is 25.8 Å². The number of hydrogen-bond acceptors (Lipinski definition) is 2. The first kappa shape index (κ1) is 31.8. The van der Waals surface area contributed by atoms with Crippen LogP contribution in [0.3, 0.4) is 0 Å². The van der Waals surface area contributed by atoms with Crippen LogP contribution in [0.5, 0.6) is 0 Å². The first-order valence-corrected chi connectivity index (χ1v) is 14.2. The Hall–Kier alpha value is -2.19. The number of hydrogen-bond donors (Lipinski definition) is 1. The Bertz CT molecular complexity index is 1010. The second-order valence-corrected chi connectivity index (χ2v) is 10.3. The fourth-order valence-corrected chi connectivity index (χ4v) is 4.59. The first-order chi connectivity index (χ1) is 17.2. The molecule has 1 aliphatic rings. The van der Waals surface area contributed by atoms with Gasteiger partial charge in [-0.1, -0.05) is 87.9 Å². The summed E-state index contributed by atoms with van der Waals surface area (Å²) in [5.41, 5.74) is 10.9. The number of nitrogens with zero attached hydrogens (tertiary/aromatic N) is 1. The van der Waals surface area contributed by atoms with E-state index in [0.717, 1.165) is 17.9 Å². The van der Waals surface area contributed by atoms with Gasteiger partial charge < -0.3 is 4.90 Å². The topological polar surface area (TPSA) is 3.24 Å².